The number of aliphatic hydroxyl groups is 1. The van der Waals surface area contributed by atoms with E-state index in [2.05, 4.69) is 22.6 Å². The molecule has 0 aromatic carbocycles. The second-order valence-corrected chi connectivity index (χ2v) is 7.53. The molecule has 6 unspecified atom stereocenters. The predicted molar refractivity (Wildman–Crippen MR) is 54.1 cm³/mol. The van der Waals surface area contributed by atoms with Crippen LogP contribution in [0.3, 0.4) is 0 Å². The molecule has 1 nitrogen and oxygen atoms in total. The molecule has 1 N–H and O–H groups in total. The first-order chi connectivity index (χ1) is 5.66. The van der Waals surface area contributed by atoms with Gasteiger partial charge in [0.15, 0.2) is 0 Å². The SMILES string of the molecule is OC1C2CC3C1CC31CC1(I)C2. The molecule has 0 aromatic heterocycles. The maximum atomic E-state index is 9.95. The molecule has 6 atom stereocenters. The van der Waals surface area contributed by atoms with E-state index in [0.717, 1.165) is 11.3 Å². The molecule has 4 aliphatic rings. The lowest BCUT2D eigenvalue weighted by Crippen LogP contribution is -2.42. The Balaban J connectivity index is 1.85. The van der Waals surface area contributed by atoms with E-state index in [4.69, 9.17) is 0 Å². The largest absolute Gasteiger partial charge is 0.393 e. The molecule has 4 fully saturated rings. The summed E-state index contributed by atoms with van der Waals surface area (Å²) in [5, 5.41) is 9.95. The Morgan fingerprint density at radius 3 is 3.00 bits per heavy atom. The van der Waals surface area contributed by atoms with E-state index < -0.39 is 0 Å². The third-order valence-electron chi connectivity index (χ3n) is 5.25. The van der Waals surface area contributed by atoms with Crippen molar-refractivity contribution in [3.63, 3.8) is 0 Å². The Hall–Kier alpha value is 0.690. The number of hydrogen-bond donors (Lipinski definition) is 1. The Labute approximate surface area is 86.1 Å². The van der Waals surface area contributed by atoms with E-state index in [9.17, 15) is 5.11 Å². The number of hydrogen-bond acceptors (Lipinski definition) is 1. The van der Waals surface area contributed by atoms with Crippen molar-refractivity contribution < 1.29 is 5.11 Å². The van der Waals surface area contributed by atoms with Gasteiger partial charge in [0.25, 0.3) is 0 Å². The average molecular weight is 276 g/mol. The maximum Gasteiger partial charge on any atom is 0.0600 e. The van der Waals surface area contributed by atoms with Gasteiger partial charge < -0.3 is 5.11 Å². The quantitative estimate of drug-likeness (QED) is 0.530. The zero-order valence-corrected chi connectivity index (χ0v) is 9.12. The summed E-state index contributed by atoms with van der Waals surface area (Å²) in [5.41, 5.74) is 0.742. The summed E-state index contributed by atoms with van der Waals surface area (Å²) in [6.07, 6.45) is 5.60. The van der Waals surface area contributed by atoms with Gasteiger partial charge in [0.1, 0.15) is 0 Å². The number of fused-ring (bicyclic) bond motifs is 1. The predicted octanol–water partition coefficient (Wildman–Crippen LogP) is 1.97. The zero-order valence-electron chi connectivity index (χ0n) is 6.96. The van der Waals surface area contributed by atoms with Gasteiger partial charge in [-0.15, -0.1) is 0 Å². The summed E-state index contributed by atoms with van der Waals surface area (Å²) in [6.45, 7) is 0. The smallest absolute Gasteiger partial charge is 0.0600 e. The van der Waals surface area contributed by atoms with Gasteiger partial charge >= 0.3 is 0 Å². The second-order valence-electron chi connectivity index (χ2n) is 5.46. The van der Waals surface area contributed by atoms with Crippen LogP contribution in [0, 0.1) is 23.2 Å². The van der Waals surface area contributed by atoms with E-state index in [1.807, 2.05) is 0 Å². The highest BCUT2D eigenvalue weighted by atomic mass is 127. The molecule has 0 heterocycles. The molecular formula is C10H13IO. The molecule has 0 saturated heterocycles. The van der Waals surface area contributed by atoms with Crippen LogP contribution in [0.2, 0.25) is 0 Å². The third-order valence-corrected chi connectivity index (χ3v) is 7.15. The van der Waals surface area contributed by atoms with Gasteiger partial charge in [0, 0.05) is 3.42 Å². The molecule has 2 heteroatoms. The van der Waals surface area contributed by atoms with Crippen LogP contribution in [0.15, 0.2) is 0 Å². The highest BCUT2D eigenvalue weighted by molar-refractivity contribution is 14.1. The lowest BCUT2D eigenvalue weighted by Gasteiger charge is -2.45. The first-order valence-electron chi connectivity index (χ1n) is 5.03. The molecule has 0 aromatic rings. The van der Waals surface area contributed by atoms with Crippen molar-refractivity contribution in [1.29, 1.82) is 0 Å². The number of halogens is 1. The molecule has 4 aliphatic carbocycles. The topological polar surface area (TPSA) is 20.2 Å². The molecule has 66 valence electrons. The van der Waals surface area contributed by atoms with Crippen LogP contribution in [-0.4, -0.2) is 14.6 Å². The van der Waals surface area contributed by atoms with Gasteiger partial charge in [-0.2, -0.15) is 0 Å². The minimum absolute atomic E-state index is 0.0834. The normalized spacial score (nSPS) is 76.5. The highest BCUT2D eigenvalue weighted by Gasteiger charge is 2.82. The third kappa shape index (κ3) is 0.481. The van der Waals surface area contributed by atoms with Crippen LogP contribution in [-0.2, 0) is 0 Å². The van der Waals surface area contributed by atoms with Crippen molar-refractivity contribution in [3.8, 4) is 0 Å². The van der Waals surface area contributed by atoms with Crippen LogP contribution in [0.5, 0.6) is 0 Å². The first kappa shape index (κ1) is 7.04. The lowest BCUT2D eigenvalue weighted by molar-refractivity contribution is 0.00318. The van der Waals surface area contributed by atoms with E-state index in [-0.39, 0.29) is 6.10 Å². The fourth-order valence-electron chi connectivity index (χ4n) is 4.61. The van der Waals surface area contributed by atoms with Crippen LogP contribution >= 0.6 is 22.6 Å². The monoisotopic (exact) mass is 276 g/mol. The Bertz CT molecular complexity index is 279. The molecular weight excluding hydrogens is 263 g/mol. The Morgan fingerprint density at radius 1 is 1.33 bits per heavy atom. The second kappa shape index (κ2) is 1.62. The first-order valence-corrected chi connectivity index (χ1v) is 6.11. The van der Waals surface area contributed by atoms with E-state index >= 15 is 0 Å². The lowest BCUT2D eigenvalue weighted by atomic mass is 9.61. The van der Waals surface area contributed by atoms with Gasteiger partial charge in [0.05, 0.1) is 6.10 Å². The number of rotatable bonds is 0. The summed E-state index contributed by atoms with van der Waals surface area (Å²) in [4.78, 5) is 0. The van der Waals surface area contributed by atoms with Gasteiger partial charge in [-0.05, 0) is 48.9 Å². The van der Waals surface area contributed by atoms with Crippen molar-refractivity contribution in [2.24, 2.45) is 23.2 Å². The summed E-state index contributed by atoms with van der Waals surface area (Å²) in [7, 11) is 0. The zero-order chi connectivity index (χ0) is 8.14. The number of alkyl halides is 1. The fraction of sp³-hybridized carbons (Fsp3) is 1.00. The van der Waals surface area contributed by atoms with E-state index in [1.54, 1.807) is 0 Å². The molecule has 0 radical (unpaired) electrons. The van der Waals surface area contributed by atoms with Gasteiger partial charge in [-0.3, -0.25) is 0 Å². The molecule has 2 bridgehead atoms. The molecule has 0 amide bonds. The van der Waals surface area contributed by atoms with Crippen molar-refractivity contribution >= 4 is 22.6 Å². The van der Waals surface area contributed by atoms with Crippen LogP contribution in [0.1, 0.15) is 25.7 Å². The molecule has 4 saturated carbocycles. The van der Waals surface area contributed by atoms with Crippen molar-refractivity contribution in [2.45, 2.75) is 35.2 Å². The maximum absolute atomic E-state index is 9.95. The van der Waals surface area contributed by atoms with Gasteiger partial charge in [-0.1, -0.05) is 22.6 Å². The Morgan fingerprint density at radius 2 is 2.17 bits per heavy atom. The van der Waals surface area contributed by atoms with Crippen LogP contribution < -0.4 is 0 Å². The van der Waals surface area contributed by atoms with E-state index in [1.165, 1.54) is 25.7 Å². The van der Waals surface area contributed by atoms with Crippen molar-refractivity contribution in [1.82, 2.24) is 0 Å². The van der Waals surface area contributed by atoms with Gasteiger partial charge in [0.2, 0.25) is 0 Å². The number of aliphatic hydroxyl groups excluding tert-OH is 1. The molecule has 4 rings (SSSR count). The van der Waals surface area contributed by atoms with Gasteiger partial charge in [-0.25, -0.2) is 0 Å². The van der Waals surface area contributed by atoms with Crippen LogP contribution in [0.25, 0.3) is 0 Å². The standard InChI is InChI=1S/C10H13IO/c11-10-2-5-1-7-6(8(5)12)3-9(7,10)4-10/h5-8,12H,1-4H2. The molecule has 12 heavy (non-hydrogen) atoms. The Kier molecular flexibility index (Phi) is 0.953. The van der Waals surface area contributed by atoms with Crippen LogP contribution in [0.4, 0.5) is 0 Å². The average Bonchev–Trinajstić information content (AvgIpc) is 2.57. The highest BCUT2D eigenvalue weighted by Crippen LogP contribution is 2.85. The van der Waals surface area contributed by atoms with Crippen molar-refractivity contribution in [3.05, 3.63) is 0 Å². The molecule has 1 spiro atoms. The van der Waals surface area contributed by atoms with Crippen molar-refractivity contribution in [2.75, 3.05) is 0 Å². The summed E-state index contributed by atoms with van der Waals surface area (Å²) < 4.78 is 0.645. The molecule has 0 aliphatic heterocycles. The minimum Gasteiger partial charge on any atom is -0.393 e. The fourth-order valence-corrected chi connectivity index (χ4v) is 6.47. The summed E-state index contributed by atoms with van der Waals surface area (Å²) >= 11 is 2.69. The summed E-state index contributed by atoms with van der Waals surface area (Å²) in [5.74, 6) is 2.33. The minimum atomic E-state index is 0.0834. The summed E-state index contributed by atoms with van der Waals surface area (Å²) in [6, 6.07) is 0. The van der Waals surface area contributed by atoms with E-state index in [0.29, 0.717) is 15.3 Å².